The molecule has 116 valence electrons. The van der Waals surface area contributed by atoms with Crippen LogP contribution >= 0.6 is 0 Å². The summed E-state index contributed by atoms with van der Waals surface area (Å²) in [7, 11) is 1.83. The third-order valence-corrected chi connectivity index (χ3v) is 3.91. The van der Waals surface area contributed by atoms with Crippen molar-refractivity contribution in [1.29, 1.82) is 0 Å². The van der Waals surface area contributed by atoms with Crippen LogP contribution in [0.25, 0.3) is 0 Å². The van der Waals surface area contributed by atoms with Gasteiger partial charge in [0.15, 0.2) is 0 Å². The SMILES string of the molecule is Cn1cnnc1CCNC(=O)NC1(C(=O)O)CCCCC1. The summed E-state index contributed by atoms with van der Waals surface area (Å²) >= 11 is 0. The van der Waals surface area contributed by atoms with Crippen LogP contribution in [-0.4, -0.2) is 44.0 Å². The third kappa shape index (κ3) is 3.71. The fourth-order valence-corrected chi connectivity index (χ4v) is 2.63. The van der Waals surface area contributed by atoms with Gasteiger partial charge in [-0.1, -0.05) is 19.3 Å². The Kier molecular flexibility index (Phi) is 4.77. The highest BCUT2D eigenvalue weighted by Crippen LogP contribution is 2.28. The number of carboxylic acid groups (broad SMARTS) is 1. The summed E-state index contributed by atoms with van der Waals surface area (Å²) < 4.78 is 1.78. The van der Waals surface area contributed by atoms with Crippen molar-refractivity contribution in [3.05, 3.63) is 12.2 Å². The van der Waals surface area contributed by atoms with E-state index in [0.717, 1.165) is 25.1 Å². The highest BCUT2D eigenvalue weighted by Gasteiger charge is 2.40. The van der Waals surface area contributed by atoms with E-state index in [0.29, 0.717) is 25.8 Å². The second-order valence-electron chi connectivity index (χ2n) is 5.44. The van der Waals surface area contributed by atoms with Gasteiger partial charge >= 0.3 is 12.0 Å². The minimum absolute atomic E-state index is 0.383. The number of carbonyl (C=O) groups is 2. The molecule has 1 aliphatic carbocycles. The molecule has 3 N–H and O–H groups in total. The number of aromatic nitrogens is 3. The molecule has 0 bridgehead atoms. The number of carbonyl (C=O) groups excluding carboxylic acids is 1. The zero-order chi connectivity index (χ0) is 15.3. The average molecular weight is 295 g/mol. The first kappa shape index (κ1) is 15.3. The van der Waals surface area contributed by atoms with Crippen molar-refractivity contribution in [2.45, 2.75) is 44.1 Å². The number of amides is 2. The molecule has 2 amide bonds. The number of hydrogen-bond donors (Lipinski definition) is 3. The molecule has 8 nitrogen and oxygen atoms in total. The molecule has 1 saturated carbocycles. The molecule has 1 aromatic heterocycles. The van der Waals surface area contributed by atoms with Gasteiger partial charge < -0.3 is 20.3 Å². The third-order valence-electron chi connectivity index (χ3n) is 3.91. The van der Waals surface area contributed by atoms with Crippen LogP contribution in [0.5, 0.6) is 0 Å². The Balaban J connectivity index is 1.82. The summed E-state index contributed by atoms with van der Waals surface area (Å²) in [5.41, 5.74) is -1.12. The van der Waals surface area contributed by atoms with Gasteiger partial charge in [-0.05, 0) is 12.8 Å². The van der Waals surface area contributed by atoms with Crippen molar-refractivity contribution in [2.75, 3.05) is 6.54 Å². The normalized spacial score (nSPS) is 17.2. The second kappa shape index (κ2) is 6.55. The number of rotatable bonds is 5. The quantitative estimate of drug-likeness (QED) is 0.730. The minimum atomic E-state index is -1.12. The molecule has 0 spiro atoms. The number of urea groups is 1. The molecular formula is C13H21N5O3. The summed E-state index contributed by atoms with van der Waals surface area (Å²) in [5.74, 6) is -0.188. The van der Waals surface area contributed by atoms with Crippen LogP contribution in [-0.2, 0) is 18.3 Å². The van der Waals surface area contributed by atoms with E-state index in [1.54, 1.807) is 10.9 Å². The molecule has 2 rings (SSSR count). The lowest BCUT2D eigenvalue weighted by atomic mass is 9.82. The zero-order valence-corrected chi connectivity index (χ0v) is 12.1. The maximum atomic E-state index is 11.9. The maximum Gasteiger partial charge on any atom is 0.329 e. The average Bonchev–Trinajstić information content (AvgIpc) is 2.85. The monoisotopic (exact) mass is 295 g/mol. The number of carboxylic acids is 1. The highest BCUT2D eigenvalue weighted by atomic mass is 16.4. The van der Waals surface area contributed by atoms with Gasteiger partial charge in [-0.3, -0.25) is 0 Å². The van der Waals surface area contributed by atoms with E-state index in [9.17, 15) is 14.7 Å². The van der Waals surface area contributed by atoms with E-state index in [1.165, 1.54) is 0 Å². The Hall–Kier alpha value is -2.12. The number of aryl methyl sites for hydroxylation is 1. The Morgan fingerprint density at radius 1 is 1.38 bits per heavy atom. The van der Waals surface area contributed by atoms with Gasteiger partial charge in [0.25, 0.3) is 0 Å². The zero-order valence-electron chi connectivity index (χ0n) is 12.1. The molecule has 0 aromatic carbocycles. The smallest absolute Gasteiger partial charge is 0.329 e. The minimum Gasteiger partial charge on any atom is -0.480 e. The van der Waals surface area contributed by atoms with Crippen LogP contribution in [0.1, 0.15) is 37.9 Å². The first-order valence-corrected chi connectivity index (χ1v) is 7.16. The summed E-state index contributed by atoms with van der Waals surface area (Å²) in [6.07, 6.45) is 5.78. The van der Waals surface area contributed by atoms with Crippen LogP contribution in [0.2, 0.25) is 0 Å². The van der Waals surface area contributed by atoms with Gasteiger partial charge in [-0.25, -0.2) is 9.59 Å². The molecule has 0 saturated heterocycles. The molecule has 21 heavy (non-hydrogen) atoms. The Labute approximate surface area is 122 Å². The van der Waals surface area contributed by atoms with Crippen molar-refractivity contribution in [3.8, 4) is 0 Å². The van der Waals surface area contributed by atoms with E-state index in [2.05, 4.69) is 20.8 Å². The van der Waals surface area contributed by atoms with E-state index in [1.807, 2.05) is 7.05 Å². The van der Waals surface area contributed by atoms with Gasteiger partial charge in [-0.2, -0.15) is 0 Å². The number of nitrogens with zero attached hydrogens (tertiary/aromatic N) is 3. The van der Waals surface area contributed by atoms with Gasteiger partial charge in [0.1, 0.15) is 17.7 Å². The first-order valence-electron chi connectivity index (χ1n) is 7.16. The summed E-state index contributed by atoms with van der Waals surface area (Å²) in [6.45, 7) is 0.383. The molecule has 1 fully saturated rings. The van der Waals surface area contributed by atoms with Crippen LogP contribution in [0, 0.1) is 0 Å². The fraction of sp³-hybridized carbons (Fsp3) is 0.692. The Morgan fingerprint density at radius 3 is 2.67 bits per heavy atom. The molecule has 1 aromatic rings. The van der Waals surface area contributed by atoms with Crippen LogP contribution in [0.4, 0.5) is 4.79 Å². The summed E-state index contributed by atoms with van der Waals surface area (Å²) in [6, 6.07) is -0.443. The lowest BCUT2D eigenvalue weighted by Gasteiger charge is -2.33. The van der Waals surface area contributed by atoms with E-state index in [4.69, 9.17) is 0 Å². The van der Waals surface area contributed by atoms with Crippen molar-refractivity contribution >= 4 is 12.0 Å². The van der Waals surface area contributed by atoms with Crippen molar-refractivity contribution in [1.82, 2.24) is 25.4 Å². The second-order valence-corrected chi connectivity index (χ2v) is 5.44. The molecule has 1 heterocycles. The van der Waals surface area contributed by atoms with Crippen LogP contribution in [0.15, 0.2) is 6.33 Å². The van der Waals surface area contributed by atoms with Crippen LogP contribution in [0.3, 0.4) is 0 Å². The number of nitrogens with one attached hydrogen (secondary N) is 2. The first-order chi connectivity index (χ1) is 10.0. The van der Waals surface area contributed by atoms with Crippen molar-refractivity contribution in [2.24, 2.45) is 7.05 Å². The fourth-order valence-electron chi connectivity index (χ4n) is 2.63. The topological polar surface area (TPSA) is 109 Å². The predicted octanol–water partition coefficient (Wildman–Crippen LogP) is 0.444. The molecule has 8 heteroatoms. The summed E-state index contributed by atoms with van der Waals surface area (Å²) in [4.78, 5) is 23.4. The Morgan fingerprint density at radius 2 is 2.10 bits per heavy atom. The van der Waals surface area contributed by atoms with E-state index < -0.39 is 17.5 Å². The van der Waals surface area contributed by atoms with Gasteiger partial charge in [0.05, 0.1) is 0 Å². The van der Waals surface area contributed by atoms with Crippen LogP contribution < -0.4 is 10.6 Å². The number of hydrogen-bond acceptors (Lipinski definition) is 4. The largest absolute Gasteiger partial charge is 0.480 e. The van der Waals surface area contributed by atoms with E-state index >= 15 is 0 Å². The molecule has 0 atom stereocenters. The van der Waals surface area contributed by atoms with Gasteiger partial charge in [0, 0.05) is 20.0 Å². The predicted molar refractivity (Wildman–Crippen MR) is 74.7 cm³/mol. The molecule has 0 unspecified atom stereocenters. The highest BCUT2D eigenvalue weighted by molar-refractivity contribution is 5.86. The Bertz CT molecular complexity index is 508. The van der Waals surface area contributed by atoms with E-state index in [-0.39, 0.29) is 0 Å². The molecule has 0 radical (unpaired) electrons. The lowest BCUT2D eigenvalue weighted by Crippen LogP contribution is -2.58. The molecular weight excluding hydrogens is 274 g/mol. The maximum absolute atomic E-state index is 11.9. The van der Waals surface area contributed by atoms with Crippen molar-refractivity contribution in [3.63, 3.8) is 0 Å². The lowest BCUT2D eigenvalue weighted by molar-refractivity contribution is -0.145. The van der Waals surface area contributed by atoms with Gasteiger partial charge in [-0.15, -0.1) is 10.2 Å². The van der Waals surface area contributed by atoms with Gasteiger partial charge in [0.2, 0.25) is 0 Å². The molecule has 1 aliphatic rings. The number of aliphatic carboxylic acids is 1. The van der Waals surface area contributed by atoms with Crippen molar-refractivity contribution < 1.29 is 14.7 Å². The molecule has 0 aliphatic heterocycles. The summed E-state index contributed by atoms with van der Waals surface area (Å²) in [5, 5.41) is 22.4. The standard InChI is InChI=1S/C13H21N5O3/c1-18-9-15-17-10(18)5-8-14-12(21)16-13(11(19)20)6-3-2-4-7-13/h9H,2-8H2,1H3,(H,19,20)(H2,14,16,21).